The first-order chi connectivity index (χ1) is 15.4. The van der Waals surface area contributed by atoms with Gasteiger partial charge in [-0.25, -0.2) is 0 Å². The summed E-state index contributed by atoms with van der Waals surface area (Å²) in [5.74, 6) is -3.22. The van der Waals surface area contributed by atoms with Crippen LogP contribution in [0, 0.1) is 13.8 Å². The smallest absolute Gasteiger partial charge is 0.308 e. The largest absolute Gasteiger partial charge is 0.508 e. The number of carbonyl (C=O) groups is 3. The molecule has 0 unspecified atom stereocenters. The zero-order valence-electron chi connectivity index (χ0n) is 17.8. The Hall–Kier alpha value is -4.53. The highest BCUT2D eigenvalue weighted by Crippen LogP contribution is 2.45. The molecule has 0 fully saturated rings. The van der Waals surface area contributed by atoms with Crippen LogP contribution in [0.1, 0.15) is 49.9 Å². The summed E-state index contributed by atoms with van der Waals surface area (Å²) in [7, 11) is 0. The Balaban J connectivity index is 0.000000235. The van der Waals surface area contributed by atoms with Gasteiger partial charge in [0.15, 0.2) is 0 Å². The molecule has 0 spiro atoms. The fourth-order valence-electron chi connectivity index (χ4n) is 3.41. The minimum Gasteiger partial charge on any atom is -0.508 e. The molecule has 0 atom stereocenters. The third kappa shape index (κ3) is 4.16. The van der Waals surface area contributed by atoms with Gasteiger partial charge in [0, 0.05) is 6.92 Å². The van der Waals surface area contributed by atoms with Crippen molar-refractivity contribution in [2.75, 3.05) is 0 Å². The van der Waals surface area contributed by atoms with Gasteiger partial charge in [-0.3, -0.25) is 14.4 Å². The Morgan fingerprint density at radius 1 is 0.697 bits per heavy atom. The molecule has 33 heavy (non-hydrogen) atoms. The number of phenols is 5. The number of hydrogen-bond donors (Lipinski definition) is 5. The van der Waals surface area contributed by atoms with Crippen molar-refractivity contribution in [1.29, 1.82) is 0 Å². The van der Waals surface area contributed by atoms with Gasteiger partial charge in [-0.1, -0.05) is 0 Å². The van der Waals surface area contributed by atoms with Crippen molar-refractivity contribution in [1.82, 2.24) is 0 Å². The third-order valence-electron chi connectivity index (χ3n) is 4.95. The number of aromatic hydroxyl groups is 5. The molecule has 0 bridgehead atoms. The van der Waals surface area contributed by atoms with Gasteiger partial charge < -0.3 is 30.3 Å². The SMILES string of the molecule is CC(=O)Oc1ccc(O)cc1.Cc1cc(O)c2c(c1O)C(=O)c1c(O)cc(C)c(O)c1C2=O. The van der Waals surface area contributed by atoms with E-state index in [0.29, 0.717) is 5.75 Å². The molecular formula is C24H20O9. The minimum atomic E-state index is -0.825. The van der Waals surface area contributed by atoms with E-state index >= 15 is 0 Å². The predicted molar refractivity (Wildman–Crippen MR) is 115 cm³/mol. The number of ether oxygens (including phenoxy) is 1. The molecule has 1 aliphatic carbocycles. The van der Waals surface area contributed by atoms with Crippen LogP contribution in [0.4, 0.5) is 0 Å². The molecule has 0 amide bonds. The van der Waals surface area contributed by atoms with Crippen LogP contribution in [0.5, 0.6) is 34.5 Å². The Bertz CT molecular complexity index is 1230. The van der Waals surface area contributed by atoms with E-state index < -0.39 is 34.6 Å². The lowest BCUT2D eigenvalue weighted by Crippen LogP contribution is -2.22. The van der Waals surface area contributed by atoms with Crippen LogP contribution in [0.15, 0.2) is 36.4 Å². The maximum atomic E-state index is 12.6. The van der Waals surface area contributed by atoms with Gasteiger partial charge in [0.05, 0.1) is 22.3 Å². The van der Waals surface area contributed by atoms with Crippen LogP contribution in [0.3, 0.4) is 0 Å². The van der Waals surface area contributed by atoms with Crippen LogP contribution in [0.25, 0.3) is 0 Å². The molecule has 0 aliphatic heterocycles. The molecule has 0 saturated heterocycles. The van der Waals surface area contributed by atoms with E-state index in [4.69, 9.17) is 9.84 Å². The van der Waals surface area contributed by atoms with Crippen molar-refractivity contribution in [3.05, 3.63) is 69.8 Å². The number of ketones is 2. The molecule has 0 aromatic heterocycles. The van der Waals surface area contributed by atoms with Gasteiger partial charge in [0.1, 0.15) is 34.5 Å². The van der Waals surface area contributed by atoms with E-state index in [1.165, 1.54) is 45.0 Å². The van der Waals surface area contributed by atoms with Crippen molar-refractivity contribution in [3.63, 3.8) is 0 Å². The Morgan fingerprint density at radius 3 is 1.45 bits per heavy atom. The van der Waals surface area contributed by atoms with E-state index in [2.05, 4.69) is 0 Å². The number of rotatable bonds is 1. The number of benzene rings is 3. The number of carbonyl (C=O) groups excluding carboxylic acids is 3. The normalized spacial score (nSPS) is 11.7. The summed E-state index contributed by atoms with van der Waals surface area (Å²) < 4.78 is 4.72. The molecule has 0 radical (unpaired) electrons. The van der Waals surface area contributed by atoms with E-state index in [0.717, 1.165) is 12.1 Å². The summed E-state index contributed by atoms with van der Waals surface area (Å²) >= 11 is 0. The number of phenolic OH excluding ortho intramolecular Hbond substituents is 5. The lowest BCUT2D eigenvalue weighted by atomic mass is 9.80. The minimum absolute atomic E-state index is 0.154. The molecule has 170 valence electrons. The second kappa shape index (κ2) is 8.54. The molecule has 3 aromatic rings. The summed E-state index contributed by atoms with van der Waals surface area (Å²) in [6.45, 7) is 4.26. The summed E-state index contributed by atoms with van der Waals surface area (Å²) in [5.41, 5.74) is -1.04. The first-order valence-electron chi connectivity index (χ1n) is 9.61. The Kier molecular flexibility index (Phi) is 5.99. The van der Waals surface area contributed by atoms with Crippen LogP contribution in [-0.2, 0) is 4.79 Å². The summed E-state index contributed by atoms with van der Waals surface area (Å²) in [4.78, 5) is 35.6. The van der Waals surface area contributed by atoms with Gasteiger partial charge in [0.2, 0.25) is 11.6 Å². The van der Waals surface area contributed by atoms with Crippen LogP contribution in [0.2, 0.25) is 0 Å². The molecule has 0 heterocycles. The molecule has 0 saturated carbocycles. The summed E-state index contributed by atoms with van der Waals surface area (Å²) in [6.07, 6.45) is 0. The average Bonchev–Trinajstić information content (AvgIpc) is 2.73. The topological polar surface area (TPSA) is 162 Å². The highest BCUT2D eigenvalue weighted by Gasteiger charge is 2.39. The van der Waals surface area contributed by atoms with E-state index in [9.17, 15) is 34.8 Å². The van der Waals surface area contributed by atoms with Gasteiger partial charge in [-0.15, -0.1) is 0 Å². The standard InChI is InChI=1S/C16H12O6.C8H8O3/c1-5-3-7(17)9-11(13(5)19)15(21)10-8(18)4-6(2)14(20)12(10)16(9)22;1-6(9)11-8-4-2-7(10)3-5-8/h3-4,17-20H,1-2H3;2-5,10H,1H3. The zero-order valence-corrected chi connectivity index (χ0v) is 17.8. The maximum Gasteiger partial charge on any atom is 0.308 e. The summed E-state index contributed by atoms with van der Waals surface area (Å²) in [6, 6.07) is 8.29. The Morgan fingerprint density at radius 2 is 1.09 bits per heavy atom. The van der Waals surface area contributed by atoms with E-state index in [1.807, 2.05) is 0 Å². The molecular weight excluding hydrogens is 432 g/mol. The second-order valence-electron chi connectivity index (χ2n) is 7.37. The summed E-state index contributed by atoms with van der Waals surface area (Å²) in [5, 5.41) is 48.9. The number of fused-ring (bicyclic) bond motifs is 2. The van der Waals surface area contributed by atoms with Crippen molar-refractivity contribution in [2.45, 2.75) is 20.8 Å². The lowest BCUT2D eigenvalue weighted by Gasteiger charge is -2.22. The van der Waals surface area contributed by atoms with Gasteiger partial charge >= 0.3 is 5.97 Å². The average molecular weight is 452 g/mol. The van der Waals surface area contributed by atoms with E-state index in [-0.39, 0.29) is 45.1 Å². The number of aryl methyl sites for hydroxylation is 2. The Labute approximate surface area is 187 Å². The second-order valence-corrected chi connectivity index (χ2v) is 7.37. The van der Waals surface area contributed by atoms with Crippen LogP contribution < -0.4 is 4.74 Å². The molecule has 3 aromatic carbocycles. The quantitative estimate of drug-likeness (QED) is 0.166. The van der Waals surface area contributed by atoms with E-state index in [1.54, 1.807) is 0 Å². The van der Waals surface area contributed by atoms with Gasteiger partial charge in [0.25, 0.3) is 0 Å². The monoisotopic (exact) mass is 452 g/mol. The predicted octanol–water partition coefficient (Wildman–Crippen LogP) is 3.22. The first-order valence-corrected chi connectivity index (χ1v) is 9.61. The van der Waals surface area contributed by atoms with Crippen molar-refractivity contribution in [3.8, 4) is 34.5 Å². The number of esters is 1. The lowest BCUT2D eigenvalue weighted by molar-refractivity contribution is -0.131. The third-order valence-corrected chi connectivity index (χ3v) is 4.95. The molecule has 5 N–H and O–H groups in total. The van der Waals surface area contributed by atoms with Crippen LogP contribution >= 0.6 is 0 Å². The fourth-order valence-corrected chi connectivity index (χ4v) is 3.41. The molecule has 1 aliphatic rings. The van der Waals surface area contributed by atoms with Gasteiger partial charge in [-0.2, -0.15) is 0 Å². The van der Waals surface area contributed by atoms with Gasteiger partial charge in [-0.05, 0) is 61.4 Å². The zero-order chi connectivity index (χ0) is 24.6. The van der Waals surface area contributed by atoms with Crippen molar-refractivity contribution in [2.24, 2.45) is 0 Å². The first kappa shape index (κ1) is 23.1. The molecule has 9 nitrogen and oxygen atoms in total. The van der Waals surface area contributed by atoms with Crippen molar-refractivity contribution >= 4 is 17.5 Å². The number of hydrogen-bond acceptors (Lipinski definition) is 9. The fraction of sp³-hybridized carbons (Fsp3) is 0.125. The maximum absolute atomic E-state index is 12.6. The highest BCUT2D eigenvalue weighted by molar-refractivity contribution is 6.32. The molecule has 9 heteroatoms. The highest BCUT2D eigenvalue weighted by atomic mass is 16.5. The molecule has 4 rings (SSSR count). The van der Waals surface area contributed by atoms with Crippen LogP contribution in [-0.4, -0.2) is 43.1 Å². The van der Waals surface area contributed by atoms with Crippen molar-refractivity contribution < 1.29 is 44.7 Å².